The number of hydrogen-bond donors (Lipinski definition) is 1. The highest BCUT2D eigenvalue weighted by Crippen LogP contribution is 2.32. The zero-order chi connectivity index (χ0) is 14.5. The molecular formula is C18H36N2. The number of piperazine rings is 1. The van der Waals surface area contributed by atoms with Crippen molar-refractivity contribution in [1.29, 1.82) is 0 Å². The molecule has 1 N–H and O–H groups in total. The summed E-state index contributed by atoms with van der Waals surface area (Å²) in [5.74, 6) is 1.80. The highest BCUT2D eigenvalue weighted by atomic mass is 15.3. The largest absolute Gasteiger partial charge is 0.311 e. The van der Waals surface area contributed by atoms with Crippen LogP contribution in [0.25, 0.3) is 0 Å². The van der Waals surface area contributed by atoms with Crippen molar-refractivity contribution in [3.8, 4) is 0 Å². The predicted molar refractivity (Wildman–Crippen MR) is 88.1 cm³/mol. The molecule has 4 unspecified atom stereocenters. The van der Waals surface area contributed by atoms with Crippen molar-refractivity contribution in [2.45, 2.75) is 90.8 Å². The first kappa shape index (κ1) is 16.3. The fraction of sp³-hybridized carbons (Fsp3) is 1.00. The Hall–Kier alpha value is -0.0800. The molecular weight excluding hydrogens is 244 g/mol. The van der Waals surface area contributed by atoms with Crippen LogP contribution in [0, 0.1) is 11.8 Å². The van der Waals surface area contributed by atoms with Gasteiger partial charge in [0.2, 0.25) is 0 Å². The van der Waals surface area contributed by atoms with Crippen LogP contribution in [0.3, 0.4) is 0 Å². The topological polar surface area (TPSA) is 15.3 Å². The number of rotatable bonds is 5. The molecule has 0 radical (unpaired) electrons. The van der Waals surface area contributed by atoms with Gasteiger partial charge in [-0.25, -0.2) is 0 Å². The lowest BCUT2D eigenvalue weighted by Gasteiger charge is -2.47. The van der Waals surface area contributed by atoms with Crippen LogP contribution in [0.1, 0.15) is 72.6 Å². The minimum Gasteiger partial charge on any atom is -0.311 e. The molecule has 1 saturated heterocycles. The summed E-state index contributed by atoms with van der Waals surface area (Å²) in [6.45, 7) is 11.9. The first-order chi connectivity index (χ1) is 9.63. The van der Waals surface area contributed by atoms with Crippen molar-refractivity contribution in [2.24, 2.45) is 11.8 Å². The van der Waals surface area contributed by atoms with E-state index in [0.29, 0.717) is 0 Å². The molecule has 1 saturated carbocycles. The molecule has 4 atom stereocenters. The summed E-state index contributed by atoms with van der Waals surface area (Å²) in [6, 6.07) is 2.37. The van der Waals surface area contributed by atoms with Crippen molar-refractivity contribution < 1.29 is 0 Å². The van der Waals surface area contributed by atoms with Crippen LogP contribution in [0.5, 0.6) is 0 Å². The normalized spacial score (nSPS) is 36.5. The smallest absolute Gasteiger partial charge is 0.0221 e. The van der Waals surface area contributed by atoms with E-state index in [0.717, 1.165) is 30.0 Å². The van der Waals surface area contributed by atoms with Gasteiger partial charge in [0.25, 0.3) is 0 Å². The Morgan fingerprint density at radius 3 is 2.60 bits per heavy atom. The zero-order valence-corrected chi connectivity index (χ0v) is 14.2. The third-order valence-corrected chi connectivity index (χ3v) is 5.57. The van der Waals surface area contributed by atoms with Gasteiger partial charge in [0.05, 0.1) is 0 Å². The van der Waals surface area contributed by atoms with Crippen LogP contribution in [0.15, 0.2) is 0 Å². The summed E-state index contributed by atoms with van der Waals surface area (Å²) in [5.41, 5.74) is 0. The lowest BCUT2D eigenvalue weighted by Crippen LogP contribution is -2.60. The molecule has 2 fully saturated rings. The highest BCUT2D eigenvalue weighted by molar-refractivity contribution is 4.91. The molecule has 20 heavy (non-hydrogen) atoms. The molecule has 1 heterocycles. The molecule has 2 nitrogen and oxygen atoms in total. The van der Waals surface area contributed by atoms with E-state index < -0.39 is 0 Å². The van der Waals surface area contributed by atoms with Crippen LogP contribution in [-0.4, -0.2) is 36.1 Å². The molecule has 0 bridgehead atoms. The minimum absolute atomic E-state index is 0.722. The van der Waals surface area contributed by atoms with Gasteiger partial charge in [0, 0.05) is 31.2 Å². The van der Waals surface area contributed by atoms with Crippen LogP contribution in [-0.2, 0) is 0 Å². The van der Waals surface area contributed by atoms with Gasteiger partial charge in [0.1, 0.15) is 0 Å². The fourth-order valence-electron chi connectivity index (χ4n) is 4.38. The number of nitrogens with zero attached hydrogens (tertiary/aromatic N) is 1. The molecule has 1 aliphatic heterocycles. The van der Waals surface area contributed by atoms with Gasteiger partial charge < -0.3 is 5.32 Å². The third-order valence-electron chi connectivity index (χ3n) is 5.57. The van der Waals surface area contributed by atoms with Gasteiger partial charge in [-0.2, -0.15) is 0 Å². The Labute approximate surface area is 126 Å². The maximum Gasteiger partial charge on any atom is 0.0221 e. The summed E-state index contributed by atoms with van der Waals surface area (Å²) < 4.78 is 0. The summed E-state index contributed by atoms with van der Waals surface area (Å²) in [5, 5.41) is 3.80. The molecule has 2 heteroatoms. The Kier molecular flexibility index (Phi) is 6.35. The van der Waals surface area contributed by atoms with E-state index in [9.17, 15) is 0 Å². The van der Waals surface area contributed by atoms with E-state index in [2.05, 4.69) is 37.9 Å². The van der Waals surface area contributed by atoms with E-state index in [1.807, 2.05) is 0 Å². The molecule has 0 aromatic carbocycles. The monoisotopic (exact) mass is 280 g/mol. The summed E-state index contributed by atoms with van der Waals surface area (Å²) in [7, 11) is 0. The standard InChI is InChI=1S/C18H36N2/c1-5-15-8-7-9-18(11-15)20-13-16(10-14(3)4)19-12-17(20)6-2/h14-19H,5-13H2,1-4H3. The number of hydrogen-bond acceptors (Lipinski definition) is 2. The maximum atomic E-state index is 3.80. The fourth-order valence-corrected chi connectivity index (χ4v) is 4.38. The summed E-state index contributed by atoms with van der Waals surface area (Å²) in [6.07, 6.45) is 9.85. The SMILES string of the molecule is CCC1CCCC(N2CC(CC(C)C)NCC2CC)C1. The van der Waals surface area contributed by atoms with Crippen LogP contribution < -0.4 is 5.32 Å². The van der Waals surface area contributed by atoms with E-state index in [1.54, 1.807) is 0 Å². The molecule has 2 aliphatic rings. The molecule has 0 amide bonds. The van der Waals surface area contributed by atoms with E-state index >= 15 is 0 Å². The van der Waals surface area contributed by atoms with Crippen molar-refractivity contribution in [3.63, 3.8) is 0 Å². The van der Waals surface area contributed by atoms with Crippen molar-refractivity contribution in [3.05, 3.63) is 0 Å². The third kappa shape index (κ3) is 4.21. The Morgan fingerprint density at radius 2 is 1.95 bits per heavy atom. The van der Waals surface area contributed by atoms with E-state index in [4.69, 9.17) is 0 Å². The molecule has 0 aromatic heterocycles. The maximum absolute atomic E-state index is 3.80. The average molecular weight is 281 g/mol. The first-order valence-electron chi connectivity index (χ1n) is 9.13. The van der Waals surface area contributed by atoms with Crippen LogP contribution >= 0.6 is 0 Å². The predicted octanol–water partition coefficient (Wildman–Crippen LogP) is 4.05. The Balaban J connectivity index is 1.97. The second-order valence-electron chi connectivity index (χ2n) is 7.59. The lowest BCUT2D eigenvalue weighted by molar-refractivity contribution is 0.0427. The Bertz CT molecular complexity index is 277. The van der Waals surface area contributed by atoms with Gasteiger partial charge in [-0.1, -0.05) is 47.0 Å². The van der Waals surface area contributed by atoms with Crippen molar-refractivity contribution in [2.75, 3.05) is 13.1 Å². The van der Waals surface area contributed by atoms with E-state index in [1.165, 1.54) is 58.0 Å². The van der Waals surface area contributed by atoms with Crippen LogP contribution in [0.2, 0.25) is 0 Å². The molecule has 118 valence electrons. The van der Waals surface area contributed by atoms with Crippen molar-refractivity contribution >= 4 is 0 Å². The Morgan fingerprint density at radius 1 is 1.15 bits per heavy atom. The summed E-state index contributed by atoms with van der Waals surface area (Å²) >= 11 is 0. The molecule has 0 aromatic rings. The number of nitrogens with one attached hydrogen (secondary N) is 1. The van der Waals surface area contributed by atoms with Crippen LogP contribution in [0.4, 0.5) is 0 Å². The zero-order valence-electron chi connectivity index (χ0n) is 14.2. The van der Waals surface area contributed by atoms with Gasteiger partial charge in [-0.15, -0.1) is 0 Å². The van der Waals surface area contributed by atoms with Gasteiger partial charge in [-0.3, -0.25) is 4.90 Å². The van der Waals surface area contributed by atoms with E-state index in [-0.39, 0.29) is 0 Å². The second-order valence-corrected chi connectivity index (χ2v) is 7.59. The van der Waals surface area contributed by atoms with Gasteiger partial charge in [0.15, 0.2) is 0 Å². The minimum atomic E-state index is 0.722. The molecule has 2 rings (SSSR count). The van der Waals surface area contributed by atoms with Gasteiger partial charge in [-0.05, 0) is 37.5 Å². The highest BCUT2D eigenvalue weighted by Gasteiger charge is 2.34. The summed E-state index contributed by atoms with van der Waals surface area (Å²) in [4.78, 5) is 2.89. The lowest BCUT2D eigenvalue weighted by atomic mass is 9.82. The first-order valence-corrected chi connectivity index (χ1v) is 9.13. The molecule has 0 spiro atoms. The van der Waals surface area contributed by atoms with Crippen molar-refractivity contribution in [1.82, 2.24) is 10.2 Å². The van der Waals surface area contributed by atoms with Gasteiger partial charge >= 0.3 is 0 Å². The quantitative estimate of drug-likeness (QED) is 0.817. The average Bonchev–Trinajstić information content (AvgIpc) is 2.46. The molecule has 1 aliphatic carbocycles. The second kappa shape index (κ2) is 7.79.